The number of thiophene rings is 1. The summed E-state index contributed by atoms with van der Waals surface area (Å²) in [6.07, 6.45) is 0. The first-order valence-electron chi connectivity index (χ1n) is 3.34. The molecule has 4 heteroatoms. The highest BCUT2D eigenvalue weighted by Gasteiger charge is 2.06. The topological polar surface area (TPSA) is 46.2 Å². The van der Waals surface area contributed by atoms with Crippen LogP contribution in [0.2, 0.25) is 0 Å². The lowest BCUT2D eigenvalue weighted by Crippen LogP contribution is -1.72. The molecule has 3 N–H and O–H groups in total. The molecule has 62 valence electrons. The Labute approximate surface area is 72.1 Å². The number of aromatic hydroxyl groups is 1. The normalized spacial score (nSPS) is 10.8. The summed E-state index contributed by atoms with van der Waals surface area (Å²) in [6, 6.07) is 4.21. The van der Waals surface area contributed by atoms with Gasteiger partial charge >= 0.3 is 0 Å². The molecule has 2 rings (SSSR count). The number of hydrogen-bond acceptors (Lipinski definition) is 3. The summed E-state index contributed by atoms with van der Waals surface area (Å²) >= 11 is 1.18. The molecule has 0 bridgehead atoms. The van der Waals surface area contributed by atoms with Crippen LogP contribution in [0.4, 0.5) is 9.39 Å². The van der Waals surface area contributed by atoms with Crippen molar-refractivity contribution in [2.45, 2.75) is 0 Å². The van der Waals surface area contributed by atoms with Gasteiger partial charge in [-0.2, -0.15) is 0 Å². The van der Waals surface area contributed by atoms with E-state index in [4.69, 9.17) is 10.8 Å². The Hall–Kier alpha value is -1.29. The van der Waals surface area contributed by atoms with Gasteiger partial charge in [0.15, 0.2) is 0 Å². The second-order valence-corrected chi connectivity index (χ2v) is 3.58. The first-order valence-corrected chi connectivity index (χ1v) is 4.16. The van der Waals surface area contributed by atoms with Crippen LogP contribution in [0.15, 0.2) is 18.2 Å². The molecule has 1 heterocycles. The number of rotatable bonds is 0. The summed E-state index contributed by atoms with van der Waals surface area (Å²) in [4.78, 5) is 0. The second-order valence-electron chi connectivity index (χ2n) is 2.49. The molecule has 1 aromatic heterocycles. The Morgan fingerprint density at radius 3 is 2.83 bits per heavy atom. The van der Waals surface area contributed by atoms with Crippen LogP contribution in [0.25, 0.3) is 10.1 Å². The van der Waals surface area contributed by atoms with Crippen molar-refractivity contribution < 1.29 is 9.50 Å². The van der Waals surface area contributed by atoms with E-state index in [2.05, 4.69) is 0 Å². The molecule has 0 radical (unpaired) electrons. The van der Waals surface area contributed by atoms with Gasteiger partial charge in [0.2, 0.25) is 0 Å². The van der Waals surface area contributed by atoms with Crippen LogP contribution >= 0.6 is 11.3 Å². The van der Waals surface area contributed by atoms with Gasteiger partial charge in [0.05, 0.1) is 9.70 Å². The van der Waals surface area contributed by atoms with Gasteiger partial charge in [0.25, 0.3) is 0 Å². The van der Waals surface area contributed by atoms with Gasteiger partial charge in [0, 0.05) is 11.5 Å². The van der Waals surface area contributed by atoms with Crippen molar-refractivity contribution in [2.75, 3.05) is 5.73 Å². The highest BCUT2D eigenvalue weighted by Crippen LogP contribution is 2.32. The molecule has 2 nitrogen and oxygen atoms in total. The molecule has 0 aliphatic rings. The molecule has 0 aliphatic carbocycles. The molecule has 0 saturated carbocycles. The van der Waals surface area contributed by atoms with Crippen molar-refractivity contribution in [1.82, 2.24) is 0 Å². The summed E-state index contributed by atoms with van der Waals surface area (Å²) in [5.74, 6) is -0.496. The van der Waals surface area contributed by atoms with Gasteiger partial charge in [-0.1, -0.05) is 0 Å². The fourth-order valence-corrected chi connectivity index (χ4v) is 1.93. The SMILES string of the molecule is Nc1cc2cc(O)cc(F)c2s1. The number of phenols is 1. The molecule has 0 amide bonds. The molecule has 0 aliphatic heterocycles. The van der Waals surface area contributed by atoms with Crippen LogP contribution in [0.3, 0.4) is 0 Å². The average Bonchev–Trinajstić information content (AvgIpc) is 2.29. The number of anilines is 1. The molecule has 2 aromatic rings. The monoisotopic (exact) mass is 183 g/mol. The zero-order chi connectivity index (χ0) is 8.72. The van der Waals surface area contributed by atoms with Crippen LogP contribution in [0, 0.1) is 5.82 Å². The quantitative estimate of drug-likeness (QED) is 0.658. The first kappa shape index (κ1) is 7.36. The van der Waals surface area contributed by atoms with Crippen LogP contribution in [-0.2, 0) is 0 Å². The standard InChI is InChI=1S/C8H6FNOS/c9-6-3-5(11)1-4-2-7(10)12-8(4)6/h1-3,11H,10H2. The lowest BCUT2D eigenvalue weighted by Gasteiger charge is -1.92. The summed E-state index contributed by atoms with van der Waals surface area (Å²) in [6.45, 7) is 0. The van der Waals surface area contributed by atoms with Gasteiger partial charge in [-0.05, 0) is 12.1 Å². The minimum Gasteiger partial charge on any atom is -0.508 e. The van der Waals surface area contributed by atoms with Gasteiger partial charge in [-0.15, -0.1) is 11.3 Å². The van der Waals surface area contributed by atoms with Gasteiger partial charge in [-0.25, -0.2) is 4.39 Å². The van der Waals surface area contributed by atoms with Crippen LogP contribution in [-0.4, -0.2) is 5.11 Å². The summed E-state index contributed by atoms with van der Waals surface area (Å²) in [5.41, 5.74) is 5.48. The highest BCUT2D eigenvalue weighted by molar-refractivity contribution is 7.22. The third kappa shape index (κ3) is 1.00. The summed E-state index contributed by atoms with van der Waals surface area (Å²) < 4.78 is 13.5. The van der Waals surface area contributed by atoms with E-state index in [1.807, 2.05) is 0 Å². The predicted octanol–water partition coefficient (Wildman–Crippen LogP) is 2.33. The predicted molar refractivity (Wildman–Crippen MR) is 47.9 cm³/mol. The van der Waals surface area contributed by atoms with Crippen molar-refractivity contribution in [3.63, 3.8) is 0 Å². The third-order valence-electron chi connectivity index (χ3n) is 1.57. The van der Waals surface area contributed by atoms with E-state index in [0.29, 0.717) is 15.1 Å². The molecular weight excluding hydrogens is 177 g/mol. The fourth-order valence-electron chi connectivity index (χ4n) is 1.12. The van der Waals surface area contributed by atoms with E-state index in [1.54, 1.807) is 6.07 Å². The molecule has 0 fully saturated rings. The Morgan fingerprint density at radius 2 is 2.08 bits per heavy atom. The van der Waals surface area contributed by atoms with E-state index in [1.165, 1.54) is 17.4 Å². The van der Waals surface area contributed by atoms with Crippen molar-refractivity contribution in [3.05, 3.63) is 24.0 Å². The Bertz CT molecular complexity index is 438. The van der Waals surface area contributed by atoms with Gasteiger partial charge in [0.1, 0.15) is 11.6 Å². The zero-order valence-electron chi connectivity index (χ0n) is 6.04. The smallest absolute Gasteiger partial charge is 0.144 e. The maximum absolute atomic E-state index is 13.1. The lowest BCUT2D eigenvalue weighted by atomic mass is 10.2. The average molecular weight is 183 g/mol. The minimum absolute atomic E-state index is 0.0715. The van der Waals surface area contributed by atoms with E-state index in [9.17, 15) is 4.39 Å². The molecule has 0 unspecified atom stereocenters. The lowest BCUT2D eigenvalue weighted by molar-refractivity contribution is 0.471. The van der Waals surface area contributed by atoms with Crippen LogP contribution < -0.4 is 5.73 Å². The number of phenolic OH excluding ortho intramolecular Hbond substituents is 1. The van der Waals surface area contributed by atoms with Crippen LogP contribution in [0.1, 0.15) is 0 Å². The van der Waals surface area contributed by atoms with E-state index >= 15 is 0 Å². The van der Waals surface area contributed by atoms with Crippen molar-refractivity contribution >= 4 is 26.4 Å². The number of nitrogen functional groups attached to an aromatic ring is 1. The largest absolute Gasteiger partial charge is 0.508 e. The first-order chi connectivity index (χ1) is 5.66. The van der Waals surface area contributed by atoms with E-state index in [0.717, 1.165) is 6.07 Å². The second kappa shape index (κ2) is 2.35. The Morgan fingerprint density at radius 1 is 1.33 bits per heavy atom. The van der Waals surface area contributed by atoms with Crippen molar-refractivity contribution in [2.24, 2.45) is 0 Å². The molecular formula is C8H6FNOS. The van der Waals surface area contributed by atoms with E-state index in [-0.39, 0.29) is 5.75 Å². The summed E-state index contributed by atoms with van der Waals surface area (Å²) in [7, 11) is 0. The number of halogens is 1. The van der Waals surface area contributed by atoms with Crippen molar-refractivity contribution in [1.29, 1.82) is 0 Å². The molecule has 0 saturated heterocycles. The third-order valence-corrected chi connectivity index (χ3v) is 2.56. The molecule has 12 heavy (non-hydrogen) atoms. The fraction of sp³-hybridized carbons (Fsp3) is 0. The highest BCUT2D eigenvalue weighted by atomic mass is 32.1. The zero-order valence-corrected chi connectivity index (χ0v) is 6.86. The number of fused-ring (bicyclic) bond motifs is 1. The minimum atomic E-state index is -0.424. The van der Waals surface area contributed by atoms with Gasteiger partial charge in [-0.3, -0.25) is 0 Å². The van der Waals surface area contributed by atoms with Gasteiger partial charge < -0.3 is 10.8 Å². The number of benzene rings is 1. The molecule has 0 spiro atoms. The van der Waals surface area contributed by atoms with E-state index < -0.39 is 5.82 Å². The molecule has 1 aromatic carbocycles. The number of nitrogens with two attached hydrogens (primary N) is 1. The maximum atomic E-state index is 13.1. The Kier molecular flexibility index (Phi) is 1.44. The Balaban J connectivity index is 2.88. The maximum Gasteiger partial charge on any atom is 0.144 e. The van der Waals surface area contributed by atoms with Crippen molar-refractivity contribution in [3.8, 4) is 5.75 Å². The number of hydrogen-bond donors (Lipinski definition) is 2. The summed E-state index contributed by atoms with van der Waals surface area (Å²) in [5, 5.41) is 10.2. The van der Waals surface area contributed by atoms with Crippen LogP contribution in [0.5, 0.6) is 5.75 Å². The molecule has 0 atom stereocenters.